The van der Waals surface area contributed by atoms with E-state index in [1.807, 2.05) is 0 Å². The van der Waals surface area contributed by atoms with Crippen LogP contribution in [0.2, 0.25) is 5.02 Å². The molecule has 0 saturated heterocycles. The third kappa shape index (κ3) is 2.62. The maximum absolute atomic E-state index is 13.3. The van der Waals surface area contributed by atoms with Crippen LogP contribution in [0.1, 0.15) is 0 Å². The highest BCUT2D eigenvalue weighted by molar-refractivity contribution is 7.91. The number of hydrogen-bond donors (Lipinski definition) is 1. The van der Waals surface area contributed by atoms with Gasteiger partial charge in [-0.2, -0.15) is 0 Å². The summed E-state index contributed by atoms with van der Waals surface area (Å²) in [5, 5.41) is -0.478. The summed E-state index contributed by atoms with van der Waals surface area (Å²) in [6.45, 7) is 0. The van der Waals surface area contributed by atoms with Crippen LogP contribution >= 0.6 is 11.6 Å². The molecule has 1 aromatic heterocycles. The highest BCUT2D eigenvalue weighted by Gasteiger charge is 2.23. The van der Waals surface area contributed by atoms with Gasteiger partial charge in [0.25, 0.3) is 0 Å². The summed E-state index contributed by atoms with van der Waals surface area (Å²) >= 11 is 5.59. The average molecular weight is 356 g/mol. The molecule has 0 saturated carbocycles. The molecule has 1 N–H and O–H groups in total. The molecule has 23 heavy (non-hydrogen) atoms. The zero-order valence-electron chi connectivity index (χ0n) is 11.3. The fraction of sp³-hybridized carbons (Fsp3) is 0. The lowest BCUT2D eigenvalue weighted by molar-refractivity contribution is 0.593. The van der Waals surface area contributed by atoms with Gasteiger partial charge in [0, 0.05) is 17.1 Å². The van der Waals surface area contributed by atoms with Crippen LogP contribution in [-0.2, 0) is 9.84 Å². The molecular weight excluding hydrogens is 348 g/mol. The molecule has 0 atom stereocenters. The number of sulfone groups is 1. The van der Waals surface area contributed by atoms with E-state index in [4.69, 9.17) is 11.6 Å². The highest BCUT2D eigenvalue weighted by atomic mass is 35.5. The number of aromatic amines is 1. The predicted octanol–water partition coefficient (Wildman–Crippen LogP) is 3.29. The van der Waals surface area contributed by atoms with Crippen LogP contribution in [0.3, 0.4) is 0 Å². The molecule has 0 fully saturated rings. The van der Waals surface area contributed by atoms with Gasteiger partial charge in [0.05, 0.1) is 9.92 Å². The van der Waals surface area contributed by atoms with Crippen LogP contribution in [0.15, 0.2) is 57.2 Å². The van der Waals surface area contributed by atoms with Gasteiger partial charge in [-0.25, -0.2) is 17.2 Å². The van der Waals surface area contributed by atoms with E-state index >= 15 is 0 Å². The lowest BCUT2D eigenvalue weighted by Gasteiger charge is -2.06. The molecule has 0 aliphatic carbocycles. The Bertz CT molecular complexity index is 1090. The van der Waals surface area contributed by atoms with Crippen LogP contribution in [0.4, 0.5) is 8.78 Å². The largest absolute Gasteiger partial charge is 0.360 e. The number of H-pyrrole nitrogens is 1. The van der Waals surface area contributed by atoms with Gasteiger partial charge >= 0.3 is 0 Å². The van der Waals surface area contributed by atoms with Crippen molar-refractivity contribution in [2.75, 3.05) is 0 Å². The summed E-state index contributed by atoms with van der Waals surface area (Å²) in [7, 11) is -4.23. The fourth-order valence-corrected chi connectivity index (χ4v) is 3.73. The van der Waals surface area contributed by atoms with E-state index in [1.165, 1.54) is 6.07 Å². The van der Waals surface area contributed by atoms with Gasteiger partial charge in [-0.05, 0) is 36.4 Å². The second-order valence-electron chi connectivity index (χ2n) is 4.75. The molecule has 2 aromatic carbocycles. The zero-order chi connectivity index (χ0) is 16.8. The van der Waals surface area contributed by atoms with Gasteiger partial charge in [0.15, 0.2) is 0 Å². The second kappa shape index (κ2) is 5.43. The van der Waals surface area contributed by atoms with E-state index in [0.29, 0.717) is 5.52 Å². The van der Waals surface area contributed by atoms with E-state index in [1.54, 1.807) is 0 Å². The van der Waals surface area contributed by atoms with Gasteiger partial charge in [-0.3, -0.25) is 4.79 Å². The molecule has 0 spiro atoms. The number of hydrogen-bond acceptors (Lipinski definition) is 3. The van der Waals surface area contributed by atoms with E-state index in [-0.39, 0.29) is 15.3 Å². The van der Waals surface area contributed by atoms with Crippen molar-refractivity contribution in [2.24, 2.45) is 0 Å². The molecular formula is C15H8ClF2NO3S. The molecule has 3 aromatic rings. The molecule has 0 radical (unpaired) electrons. The Labute approximate surface area is 134 Å². The van der Waals surface area contributed by atoms with Crippen LogP contribution in [0, 0.1) is 11.6 Å². The number of nitrogens with one attached hydrogen (secondary N) is 1. The van der Waals surface area contributed by atoms with E-state index in [0.717, 1.165) is 36.5 Å². The Morgan fingerprint density at radius 1 is 1.04 bits per heavy atom. The summed E-state index contributed by atoms with van der Waals surface area (Å²) in [4.78, 5) is 14.1. The smallest absolute Gasteiger partial charge is 0.211 e. The average Bonchev–Trinajstić information content (AvgIpc) is 2.50. The lowest BCUT2D eigenvalue weighted by atomic mass is 10.2. The van der Waals surface area contributed by atoms with Gasteiger partial charge in [-0.1, -0.05) is 11.6 Å². The summed E-state index contributed by atoms with van der Waals surface area (Å²) in [5.41, 5.74) is -0.550. The van der Waals surface area contributed by atoms with Crippen molar-refractivity contribution in [3.05, 3.63) is 69.5 Å². The lowest BCUT2D eigenvalue weighted by Crippen LogP contribution is -2.16. The predicted molar refractivity (Wildman–Crippen MR) is 81.4 cm³/mol. The summed E-state index contributed by atoms with van der Waals surface area (Å²) < 4.78 is 51.6. The number of pyridine rings is 1. The molecule has 1 heterocycles. The monoisotopic (exact) mass is 355 g/mol. The standard InChI is InChI=1S/C15H8ClF2NO3S/c16-11-6-9(2-3-12(11)18)23(21,22)14-7-19-13-4-1-8(17)5-10(13)15(14)20/h1-7H,(H,19,20). The van der Waals surface area contributed by atoms with Crippen molar-refractivity contribution < 1.29 is 17.2 Å². The van der Waals surface area contributed by atoms with Gasteiger partial charge < -0.3 is 4.98 Å². The maximum atomic E-state index is 13.3. The first-order valence-corrected chi connectivity index (χ1v) is 8.18. The van der Waals surface area contributed by atoms with E-state index in [2.05, 4.69) is 4.98 Å². The molecule has 3 rings (SSSR count). The molecule has 0 bridgehead atoms. The van der Waals surface area contributed by atoms with Crippen molar-refractivity contribution in [3.8, 4) is 0 Å². The van der Waals surface area contributed by atoms with Gasteiger partial charge in [-0.15, -0.1) is 0 Å². The number of fused-ring (bicyclic) bond motifs is 1. The van der Waals surface area contributed by atoms with Crippen LogP contribution < -0.4 is 5.43 Å². The highest BCUT2D eigenvalue weighted by Crippen LogP contribution is 2.24. The first-order chi connectivity index (χ1) is 10.8. The van der Waals surface area contributed by atoms with Crippen LogP contribution in [0.5, 0.6) is 0 Å². The molecule has 4 nitrogen and oxygen atoms in total. The van der Waals surface area contributed by atoms with Crippen molar-refractivity contribution in [1.29, 1.82) is 0 Å². The number of aromatic nitrogens is 1. The Hall–Kier alpha value is -2.25. The first-order valence-electron chi connectivity index (χ1n) is 6.32. The van der Waals surface area contributed by atoms with Crippen LogP contribution in [-0.4, -0.2) is 13.4 Å². The number of rotatable bonds is 2. The Kier molecular flexibility index (Phi) is 3.69. The molecule has 8 heteroatoms. The van der Waals surface area contributed by atoms with Crippen LogP contribution in [0.25, 0.3) is 10.9 Å². The minimum atomic E-state index is -4.23. The summed E-state index contributed by atoms with van der Waals surface area (Å²) in [6.07, 6.45) is 1.02. The summed E-state index contributed by atoms with van der Waals surface area (Å²) in [6, 6.07) is 6.24. The topological polar surface area (TPSA) is 67.0 Å². The SMILES string of the molecule is O=c1c(S(=O)(=O)c2ccc(F)c(Cl)c2)c[nH]c2ccc(F)cc12. The van der Waals surface area contributed by atoms with E-state index in [9.17, 15) is 22.0 Å². The summed E-state index contributed by atoms with van der Waals surface area (Å²) in [5.74, 6) is -1.44. The quantitative estimate of drug-likeness (QED) is 0.717. The van der Waals surface area contributed by atoms with Gasteiger partial charge in [0.1, 0.15) is 16.5 Å². The minimum Gasteiger partial charge on any atom is -0.360 e. The van der Waals surface area contributed by atoms with Gasteiger partial charge in [0.2, 0.25) is 15.3 Å². The molecule has 0 amide bonds. The fourth-order valence-electron chi connectivity index (χ4n) is 2.14. The third-order valence-corrected chi connectivity index (χ3v) is 5.35. The van der Waals surface area contributed by atoms with Crippen molar-refractivity contribution in [2.45, 2.75) is 9.79 Å². The first kappa shape index (κ1) is 15.6. The minimum absolute atomic E-state index is 0.0979. The van der Waals surface area contributed by atoms with E-state index < -0.39 is 31.8 Å². The van der Waals surface area contributed by atoms with Crippen molar-refractivity contribution in [3.63, 3.8) is 0 Å². The molecule has 118 valence electrons. The second-order valence-corrected chi connectivity index (χ2v) is 7.08. The molecule has 0 aliphatic rings. The Morgan fingerprint density at radius 2 is 1.78 bits per heavy atom. The molecule has 0 aliphatic heterocycles. The zero-order valence-corrected chi connectivity index (χ0v) is 12.9. The number of halogens is 3. The number of benzene rings is 2. The van der Waals surface area contributed by atoms with Crippen molar-refractivity contribution in [1.82, 2.24) is 4.98 Å². The Balaban J connectivity index is 2.28. The normalized spacial score (nSPS) is 11.8. The molecule has 0 unspecified atom stereocenters. The Morgan fingerprint density at radius 3 is 2.48 bits per heavy atom. The van der Waals surface area contributed by atoms with Crippen molar-refractivity contribution >= 4 is 32.3 Å². The maximum Gasteiger partial charge on any atom is 0.211 e. The third-order valence-electron chi connectivity index (χ3n) is 3.30.